The van der Waals surface area contributed by atoms with Gasteiger partial charge >= 0.3 is 6.09 Å². The van der Waals surface area contributed by atoms with Gasteiger partial charge in [0.25, 0.3) is 0 Å². The second kappa shape index (κ2) is 12.3. The SMILES string of the molecule is COc1cc(NC(C)CCCN2C(=O)CN(C(=O)CNC(=O)OC(C)(C)C)C23CCCCC3)c2ncccc2c1. The number of aromatic nitrogens is 1. The molecule has 1 aromatic carbocycles. The van der Waals surface area contributed by atoms with E-state index in [-0.39, 0.29) is 30.9 Å². The molecule has 1 atom stereocenters. The molecule has 10 nitrogen and oxygen atoms in total. The third-order valence-electron chi connectivity index (χ3n) is 7.67. The number of pyridine rings is 1. The summed E-state index contributed by atoms with van der Waals surface area (Å²) >= 11 is 0. The lowest BCUT2D eigenvalue weighted by molar-refractivity contribution is -0.142. The van der Waals surface area contributed by atoms with Crippen LogP contribution in [0.3, 0.4) is 0 Å². The van der Waals surface area contributed by atoms with E-state index in [1.165, 1.54) is 0 Å². The van der Waals surface area contributed by atoms with Crippen LogP contribution >= 0.6 is 0 Å². The molecule has 2 fully saturated rings. The van der Waals surface area contributed by atoms with Crippen LogP contribution in [0.25, 0.3) is 10.9 Å². The lowest BCUT2D eigenvalue weighted by atomic mass is 9.87. The van der Waals surface area contributed by atoms with Crippen molar-refractivity contribution in [2.75, 3.05) is 32.1 Å². The molecule has 1 saturated heterocycles. The number of methoxy groups -OCH3 is 1. The minimum Gasteiger partial charge on any atom is -0.497 e. The molecule has 1 aliphatic heterocycles. The number of hydrogen-bond donors (Lipinski definition) is 2. The molecule has 1 saturated carbocycles. The fraction of sp³-hybridized carbons (Fsp3) is 0.600. The predicted molar refractivity (Wildman–Crippen MR) is 154 cm³/mol. The molecule has 2 aliphatic rings. The van der Waals surface area contributed by atoms with E-state index in [4.69, 9.17) is 9.47 Å². The average Bonchev–Trinajstić information content (AvgIpc) is 3.17. The highest BCUT2D eigenvalue weighted by Crippen LogP contribution is 2.41. The van der Waals surface area contributed by atoms with Crippen LogP contribution in [0.15, 0.2) is 30.5 Å². The van der Waals surface area contributed by atoms with Gasteiger partial charge in [-0.25, -0.2) is 4.79 Å². The van der Waals surface area contributed by atoms with E-state index in [0.717, 1.165) is 67.3 Å². The third-order valence-corrected chi connectivity index (χ3v) is 7.67. The summed E-state index contributed by atoms with van der Waals surface area (Å²) in [6, 6.07) is 7.98. The van der Waals surface area contributed by atoms with Crippen molar-refractivity contribution in [3.63, 3.8) is 0 Å². The number of ether oxygens (including phenoxy) is 2. The van der Waals surface area contributed by atoms with Gasteiger partial charge < -0.3 is 29.9 Å². The zero-order chi connectivity index (χ0) is 28.9. The minimum absolute atomic E-state index is 0.0314. The van der Waals surface area contributed by atoms with Crippen LogP contribution in [-0.4, -0.2) is 76.7 Å². The van der Waals surface area contributed by atoms with Crippen LogP contribution in [0.1, 0.15) is 72.6 Å². The molecular weight excluding hydrogens is 510 g/mol. The van der Waals surface area contributed by atoms with E-state index in [1.807, 2.05) is 29.2 Å². The second-order valence-electron chi connectivity index (χ2n) is 11.9. The van der Waals surface area contributed by atoms with Gasteiger partial charge in [0.2, 0.25) is 11.8 Å². The number of fused-ring (bicyclic) bond motifs is 1. The molecule has 0 bridgehead atoms. The highest BCUT2D eigenvalue weighted by molar-refractivity contribution is 5.92. The molecule has 4 rings (SSSR count). The van der Waals surface area contributed by atoms with E-state index in [9.17, 15) is 14.4 Å². The molecule has 40 heavy (non-hydrogen) atoms. The zero-order valence-corrected chi connectivity index (χ0v) is 24.4. The molecule has 1 aromatic heterocycles. The number of anilines is 1. The normalized spacial score (nSPS) is 17.7. The Bertz CT molecular complexity index is 1220. The first kappa shape index (κ1) is 29.4. The fourth-order valence-corrected chi connectivity index (χ4v) is 5.90. The summed E-state index contributed by atoms with van der Waals surface area (Å²) in [6.07, 6.45) is 7.28. The Morgan fingerprint density at radius 2 is 1.93 bits per heavy atom. The van der Waals surface area contributed by atoms with Gasteiger partial charge in [0.1, 0.15) is 30.1 Å². The Hall–Kier alpha value is -3.56. The molecule has 1 aliphatic carbocycles. The van der Waals surface area contributed by atoms with Gasteiger partial charge in [-0.05, 0) is 78.4 Å². The Labute approximate surface area is 236 Å². The van der Waals surface area contributed by atoms with Gasteiger partial charge in [-0.15, -0.1) is 0 Å². The van der Waals surface area contributed by atoms with Crippen molar-refractivity contribution in [3.05, 3.63) is 30.5 Å². The zero-order valence-electron chi connectivity index (χ0n) is 24.4. The summed E-state index contributed by atoms with van der Waals surface area (Å²) in [7, 11) is 1.65. The summed E-state index contributed by atoms with van der Waals surface area (Å²) in [4.78, 5) is 46.8. The van der Waals surface area contributed by atoms with Gasteiger partial charge in [0, 0.05) is 30.2 Å². The van der Waals surface area contributed by atoms with Crippen LogP contribution in [0.5, 0.6) is 5.75 Å². The van der Waals surface area contributed by atoms with Crippen molar-refractivity contribution >= 4 is 34.5 Å². The van der Waals surface area contributed by atoms with E-state index in [0.29, 0.717) is 6.54 Å². The van der Waals surface area contributed by atoms with Crippen LogP contribution < -0.4 is 15.4 Å². The number of rotatable bonds is 9. The Morgan fingerprint density at radius 3 is 2.62 bits per heavy atom. The van der Waals surface area contributed by atoms with Crippen molar-refractivity contribution in [1.29, 1.82) is 0 Å². The summed E-state index contributed by atoms with van der Waals surface area (Å²) < 4.78 is 10.7. The van der Waals surface area contributed by atoms with E-state index < -0.39 is 17.4 Å². The first-order chi connectivity index (χ1) is 19.0. The molecule has 2 heterocycles. The Morgan fingerprint density at radius 1 is 1.18 bits per heavy atom. The molecule has 0 radical (unpaired) electrons. The Balaban J connectivity index is 1.39. The van der Waals surface area contributed by atoms with Crippen molar-refractivity contribution < 1.29 is 23.9 Å². The molecule has 2 N–H and O–H groups in total. The molecule has 1 spiro atoms. The number of benzene rings is 1. The maximum Gasteiger partial charge on any atom is 0.408 e. The van der Waals surface area contributed by atoms with Crippen LogP contribution in [0.2, 0.25) is 0 Å². The first-order valence-corrected chi connectivity index (χ1v) is 14.3. The maximum absolute atomic E-state index is 13.3. The van der Waals surface area contributed by atoms with Crippen molar-refractivity contribution in [3.8, 4) is 5.75 Å². The standard InChI is InChI=1S/C30H43N5O5/c1-21(33-24-18-23(39-5)17-22-12-9-15-31-27(22)24)11-10-16-34-26(37)20-35(30(34)13-7-6-8-14-30)25(36)19-32-28(38)40-29(2,3)4/h9,12,15,17-18,21,33H,6-8,10-11,13-14,16,19-20H2,1-5H3,(H,32,38). The predicted octanol–water partition coefficient (Wildman–Crippen LogP) is 4.68. The quantitative estimate of drug-likeness (QED) is 0.464. The fourth-order valence-electron chi connectivity index (χ4n) is 5.90. The smallest absolute Gasteiger partial charge is 0.408 e. The lowest BCUT2D eigenvalue weighted by Gasteiger charge is -2.46. The van der Waals surface area contributed by atoms with Gasteiger partial charge in [-0.2, -0.15) is 0 Å². The maximum atomic E-state index is 13.3. The number of hydrogen-bond acceptors (Lipinski definition) is 7. The molecular formula is C30H43N5O5. The number of carbonyl (C=O) groups excluding carboxylic acids is 3. The van der Waals surface area contributed by atoms with Crippen molar-refractivity contribution in [2.45, 2.75) is 89.9 Å². The van der Waals surface area contributed by atoms with E-state index in [2.05, 4.69) is 22.5 Å². The molecule has 218 valence electrons. The van der Waals surface area contributed by atoms with Gasteiger partial charge in [-0.1, -0.05) is 12.5 Å². The summed E-state index contributed by atoms with van der Waals surface area (Å²) in [6.45, 7) is 7.86. The summed E-state index contributed by atoms with van der Waals surface area (Å²) in [5.41, 5.74) is 0.532. The minimum atomic E-state index is -0.652. The number of carbonyl (C=O) groups is 3. The van der Waals surface area contributed by atoms with Crippen LogP contribution in [-0.2, 0) is 14.3 Å². The number of nitrogens with zero attached hydrogens (tertiary/aromatic N) is 3. The van der Waals surface area contributed by atoms with Gasteiger partial charge in [-0.3, -0.25) is 14.6 Å². The second-order valence-corrected chi connectivity index (χ2v) is 11.9. The first-order valence-electron chi connectivity index (χ1n) is 14.3. The largest absolute Gasteiger partial charge is 0.497 e. The molecule has 1 unspecified atom stereocenters. The van der Waals surface area contributed by atoms with E-state index in [1.54, 1.807) is 39.0 Å². The van der Waals surface area contributed by atoms with Gasteiger partial charge in [0.05, 0.1) is 18.3 Å². The number of amides is 3. The summed E-state index contributed by atoms with van der Waals surface area (Å²) in [5, 5.41) is 7.14. The number of nitrogens with one attached hydrogen (secondary N) is 2. The molecule has 2 aromatic rings. The topological polar surface area (TPSA) is 113 Å². The lowest BCUT2D eigenvalue weighted by Crippen LogP contribution is -2.58. The highest BCUT2D eigenvalue weighted by Gasteiger charge is 2.52. The molecule has 3 amide bonds. The average molecular weight is 554 g/mol. The van der Waals surface area contributed by atoms with Gasteiger partial charge in [0.15, 0.2) is 0 Å². The third kappa shape index (κ3) is 6.77. The highest BCUT2D eigenvalue weighted by atomic mass is 16.6. The van der Waals surface area contributed by atoms with E-state index >= 15 is 0 Å². The Kier molecular flexibility index (Phi) is 9.05. The van der Waals surface area contributed by atoms with Crippen LogP contribution in [0.4, 0.5) is 10.5 Å². The molecule has 10 heteroatoms. The number of alkyl carbamates (subject to hydrolysis) is 1. The van der Waals surface area contributed by atoms with Crippen LogP contribution in [0, 0.1) is 0 Å². The van der Waals surface area contributed by atoms with Crippen molar-refractivity contribution in [2.24, 2.45) is 0 Å². The van der Waals surface area contributed by atoms with Crippen molar-refractivity contribution in [1.82, 2.24) is 20.1 Å². The summed E-state index contributed by atoms with van der Waals surface area (Å²) in [5.74, 6) is 0.482. The monoisotopic (exact) mass is 553 g/mol.